The van der Waals surface area contributed by atoms with E-state index in [-0.39, 0.29) is 5.82 Å². The largest absolute Gasteiger partial charge is 0.275 e. The van der Waals surface area contributed by atoms with E-state index in [1.165, 1.54) is 12.3 Å². The summed E-state index contributed by atoms with van der Waals surface area (Å²) in [5.74, 6) is -0.337. The van der Waals surface area contributed by atoms with E-state index in [2.05, 4.69) is 10.1 Å². The molecule has 3 nitrogen and oxygen atoms in total. The second-order valence-corrected chi connectivity index (χ2v) is 3.16. The van der Waals surface area contributed by atoms with Crippen LogP contribution >= 0.6 is 0 Å². The Hall–Kier alpha value is -1.71. The summed E-state index contributed by atoms with van der Waals surface area (Å²) in [7, 11) is 1.82. The summed E-state index contributed by atoms with van der Waals surface area (Å²) in [6.45, 7) is 1.84. The lowest BCUT2D eigenvalue weighted by molar-refractivity contribution is 0.620. The highest BCUT2D eigenvalue weighted by molar-refractivity contribution is 5.60. The van der Waals surface area contributed by atoms with Gasteiger partial charge in [-0.05, 0) is 19.1 Å². The molecule has 0 aliphatic heterocycles. The number of aromatic nitrogens is 3. The molecular weight excluding hydrogens is 181 g/mol. The first-order valence-corrected chi connectivity index (χ1v) is 4.29. The molecule has 0 spiro atoms. The second-order valence-electron chi connectivity index (χ2n) is 3.16. The highest BCUT2D eigenvalue weighted by atomic mass is 19.1. The summed E-state index contributed by atoms with van der Waals surface area (Å²) in [6, 6.07) is 3.29. The molecule has 0 unspecified atom stereocenters. The molecule has 72 valence electrons. The van der Waals surface area contributed by atoms with E-state index in [1.54, 1.807) is 4.68 Å². The normalized spacial score (nSPS) is 10.5. The van der Waals surface area contributed by atoms with Crippen molar-refractivity contribution in [3.05, 3.63) is 36.0 Å². The van der Waals surface area contributed by atoms with Crippen LogP contribution in [0.1, 0.15) is 5.69 Å². The molecule has 2 aromatic rings. The fraction of sp³-hybridized carbons (Fsp3) is 0.200. The molecule has 2 heterocycles. The molecular formula is C10H10FN3. The zero-order valence-electron chi connectivity index (χ0n) is 8.03. The maximum atomic E-state index is 12.9. The quantitative estimate of drug-likeness (QED) is 0.689. The highest BCUT2D eigenvalue weighted by Crippen LogP contribution is 2.20. The van der Waals surface area contributed by atoms with Crippen LogP contribution < -0.4 is 0 Å². The third-order valence-electron chi connectivity index (χ3n) is 2.04. The number of pyridine rings is 1. The van der Waals surface area contributed by atoms with Crippen LogP contribution in [-0.2, 0) is 7.05 Å². The Morgan fingerprint density at radius 3 is 2.86 bits per heavy atom. The maximum absolute atomic E-state index is 12.9. The minimum absolute atomic E-state index is 0.337. The molecule has 0 saturated heterocycles. The first-order valence-electron chi connectivity index (χ1n) is 4.29. The van der Waals surface area contributed by atoms with Gasteiger partial charge in [0.2, 0.25) is 0 Å². The van der Waals surface area contributed by atoms with Crippen LogP contribution in [0.15, 0.2) is 24.5 Å². The van der Waals surface area contributed by atoms with Crippen molar-refractivity contribution < 1.29 is 4.39 Å². The topological polar surface area (TPSA) is 30.7 Å². The molecule has 0 bridgehead atoms. The molecule has 2 aromatic heterocycles. The monoisotopic (exact) mass is 191 g/mol. The summed E-state index contributed by atoms with van der Waals surface area (Å²) >= 11 is 0. The van der Waals surface area contributed by atoms with E-state index in [9.17, 15) is 4.39 Å². The first-order chi connectivity index (χ1) is 6.66. The molecule has 2 rings (SSSR count). The molecule has 0 radical (unpaired) electrons. The van der Waals surface area contributed by atoms with Crippen molar-refractivity contribution >= 4 is 0 Å². The van der Waals surface area contributed by atoms with Gasteiger partial charge >= 0.3 is 0 Å². The Bertz CT molecular complexity index is 462. The SMILES string of the molecule is Cc1ncc(F)cc1-c1ccn(C)n1. The van der Waals surface area contributed by atoms with Gasteiger partial charge in [0.15, 0.2) is 0 Å². The Morgan fingerprint density at radius 2 is 2.21 bits per heavy atom. The molecule has 0 aliphatic carbocycles. The van der Waals surface area contributed by atoms with Crippen molar-refractivity contribution in [1.82, 2.24) is 14.8 Å². The number of halogens is 1. The van der Waals surface area contributed by atoms with Crippen molar-refractivity contribution in [2.75, 3.05) is 0 Å². The van der Waals surface area contributed by atoms with Gasteiger partial charge in [-0.15, -0.1) is 0 Å². The van der Waals surface area contributed by atoms with Gasteiger partial charge in [-0.25, -0.2) is 4.39 Å². The van der Waals surface area contributed by atoms with E-state index in [0.717, 1.165) is 17.0 Å². The van der Waals surface area contributed by atoms with E-state index >= 15 is 0 Å². The van der Waals surface area contributed by atoms with E-state index in [0.29, 0.717) is 0 Å². The Kier molecular flexibility index (Phi) is 2.04. The predicted octanol–water partition coefficient (Wildman–Crippen LogP) is 1.93. The summed E-state index contributed by atoms with van der Waals surface area (Å²) < 4.78 is 14.6. The van der Waals surface area contributed by atoms with Crippen molar-refractivity contribution in [3.8, 4) is 11.3 Å². The Morgan fingerprint density at radius 1 is 1.43 bits per heavy atom. The van der Waals surface area contributed by atoms with Crippen molar-refractivity contribution in [3.63, 3.8) is 0 Å². The second kappa shape index (κ2) is 3.21. The van der Waals surface area contributed by atoms with Crippen LogP contribution in [0, 0.1) is 12.7 Å². The fourth-order valence-corrected chi connectivity index (χ4v) is 1.33. The van der Waals surface area contributed by atoms with Crippen LogP contribution in [-0.4, -0.2) is 14.8 Å². The van der Waals surface area contributed by atoms with Gasteiger partial charge in [0, 0.05) is 24.5 Å². The lowest BCUT2D eigenvalue weighted by Gasteiger charge is -2.00. The molecule has 14 heavy (non-hydrogen) atoms. The van der Waals surface area contributed by atoms with Gasteiger partial charge in [0.05, 0.1) is 11.9 Å². The Labute approximate surface area is 81.2 Å². The molecule has 4 heteroatoms. The van der Waals surface area contributed by atoms with Gasteiger partial charge < -0.3 is 0 Å². The molecule has 0 amide bonds. The number of hydrogen-bond acceptors (Lipinski definition) is 2. The van der Waals surface area contributed by atoms with Crippen molar-refractivity contribution in [1.29, 1.82) is 0 Å². The van der Waals surface area contributed by atoms with Crippen LogP contribution in [0.2, 0.25) is 0 Å². The third kappa shape index (κ3) is 1.51. The molecule has 0 aromatic carbocycles. The standard InChI is InChI=1S/C10H10FN3/c1-7-9(5-8(11)6-12-7)10-3-4-14(2)13-10/h3-6H,1-2H3. The number of hydrogen-bond donors (Lipinski definition) is 0. The smallest absolute Gasteiger partial charge is 0.142 e. The minimum Gasteiger partial charge on any atom is -0.275 e. The maximum Gasteiger partial charge on any atom is 0.142 e. The van der Waals surface area contributed by atoms with Crippen molar-refractivity contribution in [2.24, 2.45) is 7.05 Å². The first kappa shape index (κ1) is 8.87. The minimum atomic E-state index is -0.337. The number of aryl methyl sites for hydroxylation is 2. The zero-order valence-corrected chi connectivity index (χ0v) is 8.03. The van der Waals surface area contributed by atoms with Gasteiger partial charge in [-0.2, -0.15) is 5.10 Å². The molecule has 0 saturated carbocycles. The molecule has 0 aliphatic rings. The molecule has 0 atom stereocenters. The average Bonchev–Trinajstić information content (AvgIpc) is 2.56. The van der Waals surface area contributed by atoms with Crippen LogP contribution in [0.5, 0.6) is 0 Å². The van der Waals surface area contributed by atoms with Gasteiger partial charge in [-0.1, -0.05) is 0 Å². The van der Waals surface area contributed by atoms with Crippen molar-refractivity contribution in [2.45, 2.75) is 6.92 Å². The third-order valence-corrected chi connectivity index (χ3v) is 2.04. The number of rotatable bonds is 1. The summed E-state index contributed by atoms with van der Waals surface area (Å²) in [5.41, 5.74) is 2.27. The van der Waals surface area contributed by atoms with Crippen LogP contribution in [0.25, 0.3) is 11.3 Å². The van der Waals surface area contributed by atoms with Gasteiger partial charge in [0.25, 0.3) is 0 Å². The van der Waals surface area contributed by atoms with Gasteiger partial charge in [0.1, 0.15) is 5.82 Å². The summed E-state index contributed by atoms with van der Waals surface area (Å²) in [6.07, 6.45) is 3.03. The summed E-state index contributed by atoms with van der Waals surface area (Å²) in [4.78, 5) is 3.94. The lowest BCUT2D eigenvalue weighted by Crippen LogP contribution is -1.92. The van der Waals surface area contributed by atoms with Crippen LogP contribution in [0.3, 0.4) is 0 Å². The van der Waals surface area contributed by atoms with Gasteiger partial charge in [-0.3, -0.25) is 9.67 Å². The zero-order chi connectivity index (χ0) is 10.1. The van der Waals surface area contributed by atoms with E-state index < -0.39 is 0 Å². The molecule has 0 N–H and O–H groups in total. The van der Waals surface area contributed by atoms with E-state index in [4.69, 9.17) is 0 Å². The average molecular weight is 191 g/mol. The predicted molar refractivity (Wildman–Crippen MR) is 51.1 cm³/mol. The van der Waals surface area contributed by atoms with E-state index in [1.807, 2.05) is 26.2 Å². The summed E-state index contributed by atoms with van der Waals surface area (Å²) in [5, 5.41) is 4.19. The molecule has 0 fully saturated rings. The van der Waals surface area contributed by atoms with Crippen LogP contribution in [0.4, 0.5) is 4.39 Å². The number of nitrogens with zero attached hydrogens (tertiary/aromatic N) is 3. The lowest BCUT2D eigenvalue weighted by atomic mass is 10.1. The highest BCUT2D eigenvalue weighted by Gasteiger charge is 2.06. The fourth-order valence-electron chi connectivity index (χ4n) is 1.33. The Balaban J connectivity index is 2.55.